The molecule has 0 radical (unpaired) electrons. The maximum absolute atomic E-state index is 13.0. The highest BCUT2D eigenvalue weighted by atomic mass is 19.4. The molecule has 0 bridgehead atoms. The fourth-order valence-corrected chi connectivity index (χ4v) is 3.78. The third-order valence-corrected chi connectivity index (χ3v) is 5.29. The summed E-state index contributed by atoms with van der Waals surface area (Å²) < 4.78 is 70.9. The fraction of sp³-hybridized carbons (Fsp3) is 0.400. The van der Waals surface area contributed by atoms with E-state index in [-0.39, 0.29) is 17.3 Å². The minimum atomic E-state index is -4.72. The zero-order valence-corrected chi connectivity index (χ0v) is 16.1. The second-order valence-corrected chi connectivity index (χ2v) is 7.33. The van der Waals surface area contributed by atoms with Gasteiger partial charge in [-0.05, 0) is 43.2 Å². The molecule has 1 fully saturated rings. The van der Waals surface area contributed by atoms with E-state index in [0.29, 0.717) is 24.0 Å². The summed E-state index contributed by atoms with van der Waals surface area (Å²) in [5.74, 6) is -0.316. The van der Waals surface area contributed by atoms with Crippen molar-refractivity contribution in [3.63, 3.8) is 0 Å². The quantitative estimate of drug-likeness (QED) is 0.559. The Morgan fingerprint density at radius 2 is 1.90 bits per heavy atom. The van der Waals surface area contributed by atoms with Gasteiger partial charge in [0, 0.05) is 11.8 Å². The number of nitrogens with one attached hydrogen (secondary N) is 1. The highest BCUT2D eigenvalue weighted by molar-refractivity contribution is 5.81. The van der Waals surface area contributed by atoms with Gasteiger partial charge in [-0.2, -0.15) is 22.0 Å². The van der Waals surface area contributed by atoms with Gasteiger partial charge in [-0.1, -0.05) is 12.8 Å². The highest BCUT2D eigenvalue weighted by Crippen LogP contribution is 2.38. The van der Waals surface area contributed by atoms with Gasteiger partial charge >= 0.3 is 12.8 Å². The molecule has 1 aromatic carbocycles. The van der Waals surface area contributed by atoms with E-state index in [0.717, 1.165) is 31.4 Å². The second kappa shape index (κ2) is 8.29. The number of hydrogen-bond donors (Lipinski definition) is 2. The standard InChI is InChI=1S/C20H19F5N4O2/c21-18(22)31-16-10-11(20(23,24)25)7-8-12(16)17-14-5-3-9-29(14)19(28-27-17)26-13-4-1-2-6-15(13)30/h3,5,7-10,13,15,18,30H,1-2,4,6H2,(H,26,28)/t13-,15-/m1/s1. The largest absolute Gasteiger partial charge is 0.434 e. The molecule has 11 heteroatoms. The number of halogens is 5. The van der Waals surface area contributed by atoms with Gasteiger partial charge in [0.05, 0.1) is 23.2 Å². The number of anilines is 1. The lowest BCUT2D eigenvalue weighted by Crippen LogP contribution is -2.37. The van der Waals surface area contributed by atoms with Crippen molar-refractivity contribution in [3.8, 4) is 17.0 Å². The molecule has 2 heterocycles. The van der Waals surface area contributed by atoms with E-state index in [2.05, 4.69) is 20.3 Å². The SMILES string of the molecule is O[C@@H]1CCCC[C@H]1Nc1nnc(-c2ccc(C(F)(F)F)cc2OC(F)F)c2cccn12. The van der Waals surface area contributed by atoms with Crippen molar-refractivity contribution in [1.82, 2.24) is 14.6 Å². The Balaban J connectivity index is 1.76. The molecule has 2 N–H and O–H groups in total. The molecule has 3 aromatic rings. The molecular weight excluding hydrogens is 423 g/mol. The van der Waals surface area contributed by atoms with Crippen molar-refractivity contribution < 1.29 is 31.8 Å². The summed E-state index contributed by atoms with van der Waals surface area (Å²) in [6, 6.07) is 5.42. The van der Waals surface area contributed by atoms with Gasteiger partial charge in [-0.15, -0.1) is 10.2 Å². The summed E-state index contributed by atoms with van der Waals surface area (Å²) in [6.45, 7) is -3.31. The number of rotatable bonds is 5. The smallest absolute Gasteiger partial charge is 0.416 e. The molecule has 166 valence electrons. The van der Waals surface area contributed by atoms with Crippen LogP contribution in [0.2, 0.25) is 0 Å². The molecule has 2 aromatic heterocycles. The van der Waals surface area contributed by atoms with Crippen LogP contribution in [0.5, 0.6) is 5.75 Å². The second-order valence-electron chi connectivity index (χ2n) is 7.33. The lowest BCUT2D eigenvalue weighted by molar-refractivity contribution is -0.138. The first kappa shape index (κ1) is 21.3. The van der Waals surface area contributed by atoms with Gasteiger partial charge < -0.3 is 15.2 Å². The number of benzene rings is 1. The van der Waals surface area contributed by atoms with E-state index in [1.165, 1.54) is 0 Å². The Morgan fingerprint density at radius 1 is 1.13 bits per heavy atom. The predicted octanol–water partition coefficient (Wildman–Crippen LogP) is 4.73. The molecule has 0 unspecified atom stereocenters. The Hall–Kier alpha value is -2.95. The van der Waals surface area contributed by atoms with Gasteiger partial charge in [-0.3, -0.25) is 4.40 Å². The molecule has 0 aliphatic heterocycles. The number of aliphatic hydroxyl groups excluding tert-OH is 1. The van der Waals surface area contributed by atoms with Crippen molar-refractivity contribution in [3.05, 3.63) is 42.1 Å². The monoisotopic (exact) mass is 442 g/mol. The summed E-state index contributed by atoms with van der Waals surface area (Å²) >= 11 is 0. The van der Waals surface area contributed by atoms with Crippen molar-refractivity contribution in [2.75, 3.05) is 5.32 Å². The number of aromatic nitrogens is 3. The normalized spacial score (nSPS) is 19.7. The zero-order valence-electron chi connectivity index (χ0n) is 16.1. The molecule has 2 atom stereocenters. The van der Waals surface area contributed by atoms with Gasteiger partial charge in [0.2, 0.25) is 5.95 Å². The fourth-order valence-electron chi connectivity index (χ4n) is 3.78. The van der Waals surface area contributed by atoms with Crippen LogP contribution in [0.25, 0.3) is 16.8 Å². The van der Waals surface area contributed by atoms with Crippen LogP contribution < -0.4 is 10.1 Å². The predicted molar refractivity (Wildman–Crippen MR) is 102 cm³/mol. The molecule has 31 heavy (non-hydrogen) atoms. The Bertz CT molecular complexity index is 1070. The van der Waals surface area contributed by atoms with Crippen LogP contribution in [-0.2, 0) is 6.18 Å². The summed E-state index contributed by atoms with van der Waals surface area (Å²) in [5.41, 5.74) is -0.643. The van der Waals surface area contributed by atoms with Gasteiger partial charge in [-0.25, -0.2) is 0 Å². The molecular formula is C20H19F5N4O2. The summed E-state index contributed by atoms with van der Waals surface area (Å²) in [5, 5.41) is 21.5. The van der Waals surface area contributed by atoms with Crippen LogP contribution >= 0.6 is 0 Å². The molecule has 1 saturated carbocycles. The minimum absolute atomic E-state index is 0.0475. The first-order valence-corrected chi connectivity index (χ1v) is 9.69. The molecule has 0 saturated heterocycles. The molecule has 1 aliphatic carbocycles. The number of hydrogen-bond acceptors (Lipinski definition) is 5. The van der Waals surface area contributed by atoms with E-state index in [1.807, 2.05) is 0 Å². The highest BCUT2D eigenvalue weighted by Gasteiger charge is 2.32. The maximum atomic E-state index is 13.0. The van der Waals surface area contributed by atoms with Crippen LogP contribution in [0.1, 0.15) is 31.2 Å². The van der Waals surface area contributed by atoms with Crippen LogP contribution in [-0.4, -0.2) is 38.5 Å². The molecule has 4 rings (SSSR count). The third-order valence-electron chi connectivity index (χ3n) is 5.29. The lowest BCUT2D eigenvalue weighted by atomic mass is 9.93. The average molecular weight is 442 g/mol. The Labute approximate surface area is 173 Å². The van der Waals surface area contributed by atoms with E-state index in [9.17, 15) is 27.1 Å². The third kappa shape index (κ3) is 4.41. The van der Waals surface area contributed by atoms with E-state index < -0.39 is 30.2 Å². The molecule has 1 aliphatic rings. The van der Waals surface area contributed by atoms with Crippen LogP contribution in [0.3, 0.4) is 0 Å². The van der Waals surface area contributed by atoms with Gasteiger partial charge in [0.1, 0.15) is 11.4 Å². The molecule has 0 amide bonds. The number of aliphatic hydroxyl groups is 1. The Morgan fingerprint density at radius 3 is 2.61 bits per heavy atom. The number of alkyl halides is 5. The lowest BCUT2D eigenvalue weighted by Gasteiger charge is -2.28. The number of ether oxygens (including phenoxy) is 1. The molecule has 0 spiro atoms. The van der Waals surface area contributed by atoms with Crippen molar-refractivity contribution in [2.45, 2.75) is 50.6 Å². The topological polar surface area (TPSA) is 71.7 Å². The van der Waals surface area contributed by atoms with Crippen molar-refractivity contribution in [1.29, 1.82) is 0 Å². The zero-order chi connectivity index (χ0) is 22.2. The first-order chi connectivity index (χ1) is 14.7. The van der Waals surface area contributed by atoms with Crippen LogP contribution in [0, 0.1) is 0 Å². The van der Waals surface area contributed by atoms with Crippen LogP contribution in [0.15, 0.2) is 36.5 Å². The molecule has 6 nitrogen and oxygen atoms in total. The van der Waals surface area contributed by atoms with E-state index >= 15 is 0 Å². The number of fused-ring (bicyclic) bond motifs is 1. The first-order valence-electron chi connectivity index (χ1n) is 9.69. The summed E-state index contributed by atoms with van der Waals surface area (Å²) in [4.78, 5) is 0. The van der Waals surface area contributed by atoms with E-state index in [4.69, 9.17) is 0 Å². The van der Waals surface area contributed by atoms with Gasteiger partial charge in [0.25, 0.3) is 0 Å². The maximum Gasteiger partial charge on any atom is 0.416 e. The average Bonchev–Trinajstić information content (AvgIpc) is 3.19. The summed E-state index contributed by atoms with van der Waals surface area (Å²) in [7, 11) is 0. The van der Waals surface area contributed by atoms with Crippen molar-refractivity contribution >= 4 is 11.5 Å². The van der Waals surface area contributed by atoms with Gasteiger partial charge in [0.15, 0.2) is 0 Å². The summed E-state index contributed by atoms with van der Waals surface area (Å²) in [6.07, 6.45) is -0.303. The van der Waals surface area contributed by atoms with E-state index in [1.54, 1.807) is 22.7 Å². The Kier molecular flexibility index (Phi) is 5.69. The van der Waals surface area contributed by atoms with Crippen molar-refractivity contribution in [2.24, 2.45) is 0 Å². The minimum Gasteiger partial charge on any atom is -0.434 e. The van der Waals surface area contributed by atoms with Crippen LogP contribution in [0.4, 0.5) is 27.9 Å². The number of nitrogens with zero attached hydrogens (tertiary/aromatic N) is 3.